The van der Waals surface area contributed by atoms with Crippen LogP contribution in [0.2, 0.25) is 0 Å². The van der Waals surface area contributed by atoms with Gasteiger partial charge in [-0.2, -0.15) is 13.2 Å². The molecule has 0 atom stereocenters. The molecule has 0 fully saturated rings. The fourth-order valence-electron chi connectivity index (χ4n) is 2.29. The molecule has 150 valence electrons. The predicted octanol–water partition coefficient (Wildman–Crippen LogP) is 4.53. The fourth-order valence-corrected chi connectivity index (χ4v) is 2.94. The maximum atomic E-state index is 13.2. The monoisotopic (exact) mass is 516 g/mol. The third kappa shape index (κ3) is 7.60. The summed E-state index contributed by atoms with van der Waals surface area (Å²) < 4.78 is 52.3. The van der Waals surface area contributed by atoms with Crippen LogP contribution in [-0.4, -0.2) is 24.0 Å². The van der Waals surface area contributed by atoms with Gasteiger partial charge in [-0.05, 0) is 31.5 Å². The second kappa shape index (κ2) is 10.8. The molecule has 0 spiro atoms. The lowest BCUT2D eigenvalue weighted by Gasteiger charge is -2.13. The molecule has 0 saturated heterocycles. The van der Waals surface area contributed by atoms with Crippen LogP contribution in [0.5, 0.6) is 0 Å². The van der Waals surface area contributed by atoms with Crippen LogP contribution in [-0.2, 0) is 19.1 Å². The van der Waals surface area contributed by atoms with Gasteiger partial charge >= 0.3 is 6.18 Å². The number of nitrogens with zero attached hydrogens (tertiary/aromatic N) is 2. The Labute approximate surface area is 176 Å². The standard InChI is InChI=1S/C17H20F4N4S.HI/c1-3-22-16(23-7-6-14-10-26-11(2)25-14)24-9-12-4-5-13(18)8-15(12)17(19,20)21;/h4-5,8,10H,3,6-7,9H2,1-2H3,(H2,22,23,24);1H. The van der Waals surface area contributed by atoms with Crippen LogP contribution in [0.3, 0.4) is 0 Å². The van der Waals surface area contributed by atoms with Crippen molar-refractivity contribution in [2.24, 2.45) is 4.99 Å². The minimum absolute atomic E-state index is 0. The summed E-state index contributed by atoms with van der Waals surface area (Å²) in [6, 6.07) is 2.62. The summed E-state index contributed by atoms with van der Waals surface area (Å²) >= 11 is 1.56. The molecule has 2 N–H and O–H groups in total. The van der Waals surface area contributed by atoms with Gasteiger partial charge in [0.2, 0.25) is 0 Å². The number of benzene rings is 1. The number of halogens is 5. The lowest BCUT2D eigenvalue weighted by Crippen LogP contribution is -2.38. The Kier molecular flexibility index (Phi) is 9.43. The van der Waals surface area contributed by atoms with Crippen molar-refractivity contribution in [3.63, 3.8) is 0 Å². The zero-order valence-electron chi connectivity index (χ0n) is 14.9. The normalized spacial score (nSPS) is 11.9. The maximum absolute atomic E-state index is 13.2. The Bertz CT molecular complexity index is 762. The number of rotatable bonds is 6. The van der Waals surface area contributed by atoms with Crippen LogP contribution in [0.25, 0.3) is 0 Å². The van der Waals surface area contributed by atoms with Gasteiger partial charge in [0, 0.05) is 24.9 Å². The molecule has 0 amide bonds. The number of guanidine groups is 1. The summed E-state index contributed by atoms with van der Waals surface area (Å²) in [5.41, 5.74) is -0.130. The van der Waals surface area contributed by atoms with E-state index in [9.17, 15) is 17.6 Å². The first-order chi connectivity index (χ1) is 12.3. The van der Waals surface area contributed by atoms with Crippen LogP contribution in [0, 0.1) is 12.7 Å². The molecule has 0 aliphatic heterocycles. The average Bonchev–Trinajstić information content (AvgIpc) is 2.98. The highest BCUT2D eigenvalue weighted by Crippen LogP contribution is 2.32. The highest BCUT2D eigenvalue weighted by atomic mass is 127. The third-order valence-corrected chi connectivity index (χ3v) is 4.29. The number of aryl methyl sites for hydroxylation is 1. The van der Waals surface area contributed by atoms with E-state index in [0.717, 1.165) is 22.8 Å². The van der Waals surface area contributed by atoms with Gasteiger partial charge in [-0.3, -0.25) is 0 Å². The number of hydrogen-bond acceptors (Lipinski definition) is 3. The molecule has 10 heteroatoms. The van der Waals surface area contributed by atoms with E-state index in [4.69, 9.17) is 0 Å². The molecule has 27 heavy (non-hydrogen) atoms. The molecular formula is C17H21F4IN4S. The summed E-state index contributed by atoms with van der Waals surface area (Å²) in [4.78, 5) is 8.53. The second-order valence-corrected chi connectivity index (χ2v) is 6.59. The van der Waals surface area contributed by atoms with Crippen LogP contribution in [0.1, 0.15) is 28.8 Å². The molecule has 0 aliphatic carbocycles. The number of alkyl halides is 3. The quantitative estimate of drug-likeness (QED) is 0.257. The zero-order chi connectivity index (χ0) is 19.2. The van der Waals surface area contributed by atoms with E-state index < -0.39 is 17.6 Å². The van der Waals surface area contributed by atoms with Crippen molar-refractivity contribution >= 4 is 41.3 Å². The minimum atomic E-state index is -4.62. The van der Waals surface area contributed by atoms with E-state index in [1.165, 1.54) is 0 Å². The van der Waals surface area contributed by atoms with Crippen molar-refractivity contribution in [3.05, 3.63) is 51.2 Å². The molecule has 0 aliphatic rings. The molecular weight excluding hydrogens is 495 g/mol. The van der Waals surface area contributed by atoms with E-state index in [1.807, 2.05) is 19.2 Å². The summed E-state index contributed by atoms with van der Waals surface area (Å²) in [7, 11) is 0. The van der Waals surface area contributed by atoms with Gasteiger partial charge in [0.05, 0.1) is 22.8 Å². The molecule has 1 heterocycles. The molecule has 0 saturated carbocycles. The van der Waals surface area contributed by atoms with Crippen molar-refractivity contribution in [2.75, 3.05) is 13.1 Å². The molecule has 2 aromatic rings. The molecule has 0 bridgehead atoms. The van der Waals surface area contributed by atoms with Gasteiger partial charge in [-0.15, -0.1) is 35.3 Å². The van der Waals surface area contributed by atoms with Gasteiger partial charge in [0.25, 0.3) is 0 Å². The molecule has 4 nitrogen and oxygen atoms in total. The van der Waals surface area contributed by atoms with Gasteiger partial charge in [-0.25, -0.2) is 14.4 Å². The van der Waals surface area contributed by atoms with E-state index in [2.05, 4.69) is 20.6 Å². The van der Waals surface area contributed by atoms with E-state index in [0.29, 0.717) is 31.5 Å². The molecule has 0 unspecified atom stereocenters. The first kappa shape index (κ1) is 23.6. The largest absolute Gasteiger partial charge is 0.416 e. The Morgan fingerprint density at radius 3 is 2.59 bits per heavy atom. The smallest absolute Gasteiger partial charge is 0.357 e. The lowest BCUT2D eigenvalue weighted by molar-refractivity contribution is -0.138. The van der Waals surface area contributed by atoms with Gasteiger partial charge < -0.3 is 10.6 Å². The number of aromatic nitrogens is 1. The van der Waals surface area contributed by atoms with Gasteiger partial charge in [0.1, 0.15) is 5.82 Å². The SMILES string of the molecule is CCNC(=NCc1ccc(F)cc1C(F)(F)F)NCCc1csc(C)n1.I. The molecule has 2 rings (SSSR count). The summed E-state index contributed by atoms with van der Waals surface area (Å²) in [5.74, 6) is -0.523. The summed E-state index contributed by atoms with van der Waals surface area (Å²) in [6.45, 7) is 4.69. The number of hydrogen-bond donors (Lipinski definition) is 2. The first-order valence-electron chi connectivity index (χ1n) is 8.08. The van der Waals surface area contributed by atoms with Crippen LogP contribution >= 0.6 is 35.3 Å². The first-order valence-corrected chi connectivity index (χ1v) is 8.96. The van der Waals surface area contributed by atoms with Gasteiger partial charge in [0.15, 0.2) is 5.96 Å². The maximum Gasteiger partial charge on any atom is 0.416 e. The van der Waals surface area contributed by atoms with Crippen LogP contribution < -0.4 is 10.6 Å². The number of nitrogens with one attached hydrogen (secondary N) is 2. The number of thiazole rings is 1. The van der Waals surface area contributed by atoms with Crippen LogP contribution in [0.4, 0.5) is 17.6 Å². The Balaban J connectivity index is 0.00000364. The fraction of sp³-hybridized carbons (Fsp3) is 0.412. The van der Waals surface area contributed by atoms with Crippen molar-refractivity contribution in [3.8, 4) is 0 Å². The molecule has 1 aromatic carbocycles. The molecule has 0 radical (unpaired) electrons. The Morgan fingerprint density at radius 2 is 2.00 bits per heavy atom. The van der Waals surface area contributed by atoms with Crippen molar-refractivity contribution < 1.29 is 17.6 Å². The average molecular weight is 516 g/mol. The Morgan fingerprint density at radius 1 is 1.26 bits per heavy atom. The van der Waals surface area contributed by atoms with E-state index in [1.54, 1.807) is 11.3 Å². The van der Waals surface area contributed by atoms with E-state index >= 15 is 0 Å². The zero-order valence-corrected chi connectivity index (χ0v) is 18.0. The summed E-state index contributed by atoms with van der Waals surface area (Å²) in [6.07, 6.45) is -3.94. The topological polar surface area (TPSA) is 49.3 Å². The number of aliphatic imine (C=N–C) groups is 1. The third-order valence-electron chi connectivity index (χ3n) is 3.47. The van der Waals surface area contributed by atoms with E-state index in [-0.39, 0.29) is 36.1 Å². The van der Waals surface area contributed by atoms with Crippen molar-refractivity contribution in [2.45, 2.75) is 33.0 Å². The minimum Gasteiger partial charge on any atom is -0.357 e. The highest BCUT2D eigenvalue weighted by Gasteiger charge is 2.33. The predicted molar refractivity (Wildman–Crippen MR) is 110 cm³/mol. The summed E-state index contributed by atoms with van der Waals surface area (Å²) in [5, 5.41) is 9.00. The second-order valence-electron chi connectivity index (χ2n) is 5.53. The van der Waals surface area contributed by atoms with Crippen LogP contribution in [0.15, 0.2) is 28.6 Å². The Hall–Kier alpha value is -1.43. The van der Waals surface area contributed by atoms with Crippen molar-refractivity contribution in [1.82, 2.24) is 15.6 Å². The van der Waals surface area contributed by atoms with Gasteiger partial charge in [-0.1, -0.05) is 6.07 Å². The lowest BCUT2D eigenvalue weighted by atomic mass is 10.1. The van der Waals surface area contributed by atoms with Crippen molar-refractivity contribution in [1.29, 1.82) is 0 Å². The highest BCUT2D eigenvalue weighted by molar-refractivity contribution is 14.0. The molecule has 1 aromatic heterocycles.